The topological polar surface area (TPSA) is 73.4 Å². The van der Waals surface area contributed by atoms with E-state index < -0.39 is 15.7 Å². The molecule has 0 saturated carbocycles. The average Bonchev–Trinajstić information content (AvgIpc) is 2.81. The van der Waals surface area contributed by atoms with E-state index in [1.807, 2.05) is 13.8 Å². The van der Waals surface area contributed by atoms with Gasteiger partial charge in [-0.1, -0.05) is 0 Å². The van der Waals surface area contributed by atoms with E-state index in [0.717, 1.165) is 13.1 Å². The van der Waals surface area contributed by atoms with E-state index in [4.69, 9.17) is 4.74 Å². The largest absolute Gasteiger partial charge is 0.379 e. The van der Waals surface area contributed by atoms with Gasteiger partial charge < -0.3 is 9.64 Å². The number of carbonyl (C=O) groups excluding carboxylic acids is 1. The molecule has 0 aromatic carbocycles. The molecule has 8 nitrogen and oxygen atoms in total. The Morgan fingerprint density at radius 3 is 2.21 bits per heavy atom. The second-order valence-electron chi connectivity index (χ2n) is 6.99. The van der Waals surface area contributed by atoms with Gasteiger partial charge in [0.25, 0.3) is 10.2 Å². The molecule has 1 amide bonds. The summed E-state index contributed by atoms with van der Waals surface area (Å²) < 4.78 is 32.6. The van der Waals surface area contributed by atoms with Crippen molar-refractivity contribution < 1.29 is 17.9 Å². The highest BCUT2D eigenvalue weighted by Gasteiger charge is 2.39. The van der Waals surface area contributed by atoms with Crippen LogP contribution in [0.4, 0.5) is 0 Å². The molecule has 0 N–H and O–H groups in total. The van der Waals surface area contributed by atoms with E-state index in [2.05, 4.69) is 4.90 Å². The first-order chi connectivity index (χ1) is 11.2. The summed E-state index contributed by atoms with van der Waals surface area (Å²) in [6.45, 7) is 8.47. The smallest absolute Gasteiger partial charge is 0.281 e. The summed E-state index contributed by atoms with van der Waals surface area (Å²) in [6.07, 6.45) is 0.651. The predicted octanol–water partition coefficient (Wildman–Crippen LogP) is -0.562. The number of hydrogen-bond donors (Lipinski definition) is 0. The lowest BCUT2D eigenvalue weighted by atomic mass is 9.99. The zero-order valence-corrected chi connectivity index (χ0v) is 16.0. The first kappa shape index (κ1) is 19.6. The number of hydrogen-bond acceptors (Lipinski definition) is 5. The Morgan fingerprint density at radius 2 is 1.62 bits per heavy atom. The average molecular weight is 362 g/mol. The van der Waals surface area contributed by atoms with Crippen LogP contribution in [0.1, 0.15) is 20.3 Å². The molecule has 0 radical (unpaired) electrons. The van der Waals surface area contributed by atoms with E-state index >= 15 is 0 Å². The van der Waals surface area contributed by atoms with Gasteiger partial charge in [-0.2, -0.15) is 17.0 Å². The van der Waals surface area contributed by atoms with Crippen LogP contribution in [0.3, 0.4) is 0 Å². The van der Waals surface area contributed by atoms with E-state index in [1.165, 1.54) is 22.7 Å². The van der Waals surface area contributed by atoms with Crippen molar-refractivity contribution in [3.63, 3.8) is 0 Å². The summed E-state index contributed by atoms with van der Waals surface area (Å²) in [7, 11) is -0.362. The number of rotatable bonds is 4. The zero-order chi connectivity index (χ0) is 18.0. The van der Waals surface area contributed by atoms with E-state index in [0.29, 0.717) is 45.8 Å². The monoisotopic (exact) mass is 362 g/mol. The summed E-state index contributed by atoms with van der Waals surface area (Å²) in [5, 5.41) is 0. The molecule has 2 aliphatic heterocycles. The van der Waals surface area contributed by atoms with Crippen molar-refractivity contribution >= 4 is 16.1 Å². The van der Waals surface area contributed by atoms with Gasteiger partial charge in [-0.3, -0.25) is 9.69 Å². The maximum absolute atomic E-state index is 13.0. The van der Waals surface area contributed by atoms with Crippen LogP contribution in [0.15, 0.2) is 0 Å². The third kappa shape index (κ3) is 4.08. The van der Waals surface area contributed by atoms with E-state index in [-0.39, 0.29) is 5.91 Å². The van der Waals surface area contributed by atoms with Gasteiger partial charge in [0, 0.05) is 53.4 Å². The number of carbonyl (C=O) groups is 1. The van der Waals surface area contributed by atoms with Gasteiger partial charge >= 0.3 is 0 Å². The van der Waals surface area contributed by atoms with Crippen LogP contribution in [0, 0.1) is 0 Å². The third-order valence-electron chi connectivity index (χ3n) is 4.85. The lowest BCUT2D eigenvalue weighted by molar-refractivity contribution is -0.145. The minimum absolute atomic E-state index is 0.0634. The van der Waals surface area contributed by atoms with Gasteiger partial charge in [0.2, 0.25) is 5.91 Å². The van der Waals surface area contributed by atoms with Gasteiger partial charge in [-0.25, -0.2) is 0 Å². The molecule has 2 rings (SSSR count). The van der Waals surface area contributed by atoms with Crippen LogP contribution in [0.25, 0.3) is 0 Å². The maximum atomic E-state index is 13.0. The first-order valence-electron chi connectivity index (χ1n) is 8.47. The second-order valence-corrected chi connectivity index (χ2v) is 9.14. The SMILES string of the molecule is CN(C)S(=O)(=O)N1CCCN(C(=O)C(C)(C)N2CCOCC2)CC1. The first-order valence-corrected chi connectivity index (χ1v) is 9.87. The standard InChI is InChI=1S/C15H30N4O4S/c1-15(2,18-10-12-23-13-11-18)14(20)17-6-5-7-19(9-8-17)24(21,22)16(3)4/h5-13H2,1-4H3. The van der Waals surface area contributed by atoms with Crippen LogP contribution in [0.2, 0.25) is 0 Å². The van der Waals surface area contributed by atoms with Crippen LogP contribution >= 0.6 is 0 Å². The van der Waals surface area contributed by atoms with Gasteiger partial charge in [-0.05, 0) is 20.3 Å². The molecule has 2 fully saturated rings. The quantitative estimate of drug-likeness (QED) is 0.670. The number of ether oxygens (including phenoxy) is 1. The highest BCUT2D eigenvalue weighted by Crippen LogP contribution is 2.21. The number of amides is 1. The van der Waals surface area contributed by atoms with Crippen LogP contribution in [-0.4, -0.2) is 105 Å². The fourth-order valence-electron chi connectivity index (χ4n) is 3.20. The van der Waals surface area contributed by atoms with Crippen molar-refractivity contribution in [2.24, 2.45) is 0 Å². The molecule has 24 heavy (non-hydrogen) atoms. The molecule has 9 heteroatoms. The van der Waals surface area contributed by atoms with Crippen molar-refractivity contribution in [1.29, 1.82) is 0 Å². The molecule has 2 saturated heterocycles. The Balaban J connectivity index is 2.03. The van der Waals surface area contributed by atoms with Gasteiger partial charge in [0.05, 0.1) is 18.8 Å². The molecule has 0 spiro atoms. The molecule has 0 aromatic heterocycles. The number of nitrogens with zero attached hydrogens (tertiary/aromatic N) is 4. The molecule has 140 valence electrons. The van der Waals surface area contributed by atoms with Crippen molar-refractivity contribution in [3.05, 3.63) is 0 Å². The summed E-state index contributed by atoms with van der Waals surface area (Å²) in [4.78, 5) is 17.0. The van der Waals surface area contributed by atoms with Crippen LogP contribution in [0.5, 0.6) is 0 Å². The Morgan fingerprint density at radius 1 is 1.00 bits per heavy atom. The summed E-state index contributed by atoms with van der Waals surface area (Å²) in [6, 6.07) is 0. The van der Waals surface area contributed by atoms with Crippen molar-refractivity contribution in [2.75, 3.05) is 66.6 Å². The van der Waals surface area contributed by atoms with Crippen molar-refractivity contribution in [2.45, 2.75) is 25.8 Å². The summed E-state index contributed by atoms with van der Waals surface area (Å²) in [5.74, 6) is 0.0634. The minimum atomic E-state index is -3.43. The molecular formula is C15H30N4O4S. The molecule has 2 aliphatic rings. The minimum Gasteiger partial charge on any atom is -0.379 e. The predicted molar refractivity (Wildman–Crippen MR) is 91.8 cm³/mol. The number of morpholine rings is 1. The highest BCUT2D eigenvalue weighted by molar-refractivity contribution is 7.86. The molecule has 0 aromatic rings. The highest BCUT2D eigenvalue weighted by atomic mass is 32.2. The van der Waals surface area contributed by atoms with Crippen LogP contribution in [-0.2, 0) is 19.7 Å². The molecule has 0 aliphatic carbocycles. The van der Waals surface area contributed by atoms with Gasteiger partial charge in [-0.15, -0.1) is 0 Å². The Hall–Kier alpha value is -0.740. The summed E-state index contributed by atoms with van der Waals surface area (Å²) >= 11 is 0. The second kappa shape index (κ2) is 7.65. The molecule has 0 unspecified atom stereocenters. The molecule has 2 heterocycles. The third-order valence-corrected chi connectivity index (χ3v) is 6.80. The Labute approximate surface area is 145 Å². The maximum Gasteiger partial charge on any atom is 0.281 e. The van der Waals surface area contributed by atoms with Gasteiger partial charge in [0.15, 0.2) is 0 Å². The van der Waals surface area contributed by atoms with E-state index in [9.17, 15) is 13.2 Å². The lowest BCUT2D eigenvalue weighted by Crippen LogP contribution is -2.59. The van der Waals surface area contributed by atoms with Crippen molar-refractivity contribution in [3.8, 4) is 0 Å². The van der Waals surface area contributed by atoms with Gasteiger partial charge in [0.1, 0.15) is 0 Å². The Bertz CT molecular complexity index is 544. The van der Waals surface area contributed by atoms with E-state index in [1.54, 1.807) is 4.90 Å². The van der Waals surface area contributed by atoms with Crippen LogP contribution < -0.4 is 0 Å². The fourth-order valence-corrected chi connectivity index (χ4v) is 4.34. The molecule has 0 atom stereocenters. The molecular weight excluding hydrogens is 332 g/mol. The Kier molecular flexibility index (Phi) is 6.24. The summed E-state index contributed by atoms with van der Waals surface area (Å²) in [5.41, 5.74) is -0.598. The fraction of sp³-hybridized carbons (Fsp3) is 0.933. The lowest BCUT2D eigenvalue weighted by Gasteiger charge is -2.42. The normalized spacial score (nSPS) is 22.6. The zero-order valence-electron chi connectivity index (χ0n) is 15.2. The molecule has 0 bridgehead atoms. The van der Waals surface area contributed by atoms with Crippen molar-refractivity contribution in [1.82, 2.24) is 18.4 Å².